The Labute approximate surface area is 155 Å². The number of carbonyl (C=O) groups excluding carboxylic acids is 1. The summed E-state index contributed by atoms with van der Waals surface area (Å²) in [6.45, 7) is 5.12. The number of hydrogen-bond acceptors (Lipinski definition) is 4. The zero-order valence-electron chi connectivity index (χ0n) is 15.1. The van der Waals surface area contributed by atoms with Crippen molar-refractivity contribution in [2.75, 3.05) is 36.4 Å². The van der Waals surface area contributed by atoms with Crippen LogP contribution in [0.1, 0.15) is 24.8 Å². The highest BCUT2D eigenvalue weighted by Gasteiger charge is 2.25. The van der Waals surface area contributed by atoms with Gasteiger partial charge in [0.05, 0.1) is 11.9 Å². The molecular weight excluding hydrogens is 324 g/mol. The van der Waals surface area contributed by atoms with E-state index in [4.69, 9.17) is 0 Å². The largest absolute Gasteiger partial charge is 0.368 e. The van der Waals surface area contributed by atoms with Gasteiger partial charge < -0.3 is 10.2 Å². The molecule has 2 aliphatic rings. The van der Waals surface area contributed by atoms with Crippen molar-refractivity contribution < 1.29 is 4.79 Å². The molecule has 1 saturated carbocycles. The second kappa shape index (κ2) is 7.87. The molecule has 1 aliphatic carbocycles. The summed E-state index contributed by atoms with van der Waals surface area (Å²) in [6.07, 6.45) is 5.07. The van der Waals surface area contributed by atoms with E-state index < -0.39 is 0 Å². The predicted octanol–water partition coefficient (Wildman–Crippen LogP) is 3.14. The number of carbonyl (C=O) groups is 1. The van der Waals surface area contributed by atoms with Crippen LogP contribution in [0.2, 0.25) is 0 Å². The number of piperazine rings is 1. The van der Waals surface area contributed by atoms with Crippen molar-refractivity contribution in [1.82, 2.24) is 9.88 Å². The predicted molar refractivity (Wildman–Crippen MR) is 104 cm³/mol. The number of benzene rings is 1. The number of nitrogens with one attached hydrogen (secondary N) is 1. The van der Waals surface area contributed by atoms with Crippen LogP contribution in [0.15, 0.2) is 48.7 Å². The average molecular weight is 350 g/mol. The zero-order valence-corrected chi connectivity index (χ0v) is 15.1. The normalized spacial score (nSPS) is 18.4. The second-order valence-electron chi connectivity index (χ2n) is 7.27. The Bertz CT molecular complexity index is 719. The van der Waals surface area contributed by atoms with Gasteiger partial charge in [0.2, 0.25) is 5.91 Å². The first-order valence-electron chi connectivity index (χ1n) is 9.56. The monoisotopic (exact) mass is 350 g/mol. The van der Waals surface area contributed by atoms with Gasteiger partial charge in [0, 0.05) is 38.6 Å². The Morgan fingerprint density at radius 3 is 2.42 bits per heavy atom. The van der Waals surface area contributed by atoms with Crippen LogP contribution in [0.4, 0.5) is 11.5 Å². The molecule has 4 rings (SSSR count). The highest BCUT2D eigenvalue weighted by Crippen LogP contribution is 2.27. The minimum atomic E-state index is 0.117. The Hall–Kier alpha value is -2.40. The first kappa shape index (κ1) is 17.0. The van der Waals surface area contributed by atoms with Gasteiger partial charge in [0.1, 0.15) is 5.82 Å². The third-order valence-corrected chi connectivity index (χ3v) is 5.46. The van der Waals surface area contributed by atoms with Crippen molar-refractivity contribution >= 4 is 17.4 Å². The lowest BCUT2D eigenvalue weighted by molar-refractivity contribution is -0.122. The standard InChI is InChI=1S/C21H26N4O/c26-21(18-7-4-8-18)23-20-10-9-19(15-22-20)25-13-11-24(12-14-25)16-17-5-2-1-3-6-17/h1-3,5-6,9-10,15,18H,4,7-8,11-14,16H2,(H,22,23,26). The van der Waals surface area contributed by atoms with Crippen molar-refractivity contribution in [3.63, 3.8) is 0 Å². The highest BCUT2D eigenvalue weighted by molar-refractivity contribution is 5.92. The maximum Gasteiger partial charge on any atom is 0.228 e. The molecule has 1 aliphatic heterocycles. The number of aromatic nitrogens is 1. The first-order valence-corrected chi connectivity index (χ1v) is 9.56. The minimum absolute atomic E-state index is 0.117. The molecule has 0 spiro atoms. The molecule has 0 atom stereocenters. The van der Waals surface area contributed by atoms with Crippen LogP contribution in [0.5, 0.6) is 0 Å². The van der Waals surface area contributed by atoms with E-state index in [0.29, 0.717) is 5.82 Å². The lowest BCUT2D eigenvalue weighted by Gasteiger charge is -2.36. The van der Waals surface area contributed by atoms with Gasteiger partial charge in [-0.25, -0.2) is 4.98 Å². The molecule has 5 nitrogen and oxygen atoms in total. The summed E-state index contributed by atoms with van der Waals surface area (Å²) < 4.78 is 0. The Kier molecular flexibility index (Phi) is 5.16. The fraction of sp³-hybridized carbons (Fsp3) is 0.429. The number of anilines is 2. The van der Waals surface area contributed by atoms with Crippen molar-refractivity contribution in [3.8, 4) is 0 Å². The van der Waals surface area contributed by atoms with Crippen molar-refractivity contribution in [3.05, 3.63) is 54.2 Å². The van der Waals surface area contributed by atoms with Crippen LogP contribution in [0.25, 0.3) is 0 Å². The van der Waals surface area contributed by atoms with E-state index in [1.807, 2.05) is 12.3 Å². The summed E-state index contributed by atoms with van der Waals surface area (Å²) in [5, 5.41) is 2.93. The SMILES string of the molecule is O=C(Nc1ccc(N2CCN(Cc3ccccc3)CC2)cn1)C1CCC1. The molecule has 1 saturated heterocycles. The number of pyridine rings is 1. The van der Waals surface area contributed by atoms with Gasteiger partial charge in [0.25, 0.3) is 0 Å². The molecule has 1 aromatic carbocycles. The third kappa shape index (κ3) is 4.05. The van der Waals surface area contributed by atoms with E-state index in [2.05, 4.69) is 56.5 Å². The molecule has 2 fully saturated rings. The van der Waals surface area contributed by atoms with Gasteiger partial charge >= 0.3 is 0 Å². The fourth-order valence-electron chi connectivity index (χ4n) is 3.55. The average Bonchev–Trinajstić information content (AvgIpc) is 2.62. The summed E-state index contributed by atoms with van der Waals surface area (Å²) in [6, 6.07) is 14.6. The van der Waals surface area contributed by atoms with E-state index in [-0.39, 0.29) is 11.8 Å². The Balaban J connectivity index is 1.28. The van der Waals surface area contributed by atoms with Crippen LogP contribution in [-0.4, -0.2) is 42.0 Å². The van der Waals surface area contributed by atoms with Crippen molar-refractivity contribution in [2.45, 2.75) is 25.8 Å². The van der Waals surface area contributed by atoms with E-state index >= 15 is 0 Å². The summed E-state index contributed by atoms with van der Waals surface area (Å²) >= 11 is 0. The summed E-state index contributed by atoms with van der Waals surface area (Å²) in [7, 11) is 0. The number of nitrogens with zero attached hydrogens (tertiary/aromatic N) is 3. The molecule has 0 radical (unpaired) electrons. The molecule has 2 aromatic rings. The summed E-state index contributed by atoms with van der Waals surface area (Å²) in [5.41, 5.74) is 2.50. The van der Waals surface area contributed by atoms with Gasteiger partial charge in [-0.15, -0.1) is 0 Å². The van der Waals surface area contributed by atoms with Crippen LogP contribution >= 0.6 is 0 Å². The second-order valence-corrected chi connectivity index (χ2v) is 7.27. The highest BCUT2D eigenvalue weighted by atomic mass is 16.2. The van der Waals surface area contributed by atoms with Gasteiger partial charge in [-0.05, 0) is 30.5 Å². The van der Waals surface area contributed by atoms with E-state index in [0.717, 1.165) is 51.3 Å². The van der Waals surface area contributed by atoms with Gasteiger partial charge in [0.15, 0.2) is 0 Å². The van der Waals surface area contributed by atoms with Crippen LogP contribution in [0.3, 0.4) is 0 Å². The molecule has 0 unspecified atom stereocenters. The maximum absolute atomic E-state index is 12.0. The molecule has 26 heavy (non-hydrogen) atoms. The molecule has 0 bridgehead atoms. The lowest BCUT2D eigenvalue weighted by atomic mass is 9.85. The lowest BCUT2D eigenvalue weighted by Crippen LogP contribution is -2.46. The van der Waals surface area contributed by atoms with Crippen LogP contribution in [0, 0.1) is 5.92 Å². The smallest absolute Gasteiger partial charge is 0.228 e. The fourth-order valence-corrected chi connectivity index (χ4v) is 3.55. The van der Waals surface area contributed by atoms with Gasteiger partial charge in [-0.1, -0.05) is 36.8 Å². The molecule has 1 N–H and O–H groups in total. The third-order valence-electron chi connectivity index (χ3n) is 5.46. The van der Waals surface area contributed by atoms with E-state index in [9.17, 15) is 4.79 Å². The van der Waals surface area contributed by atoms with E-state index in [1.165, 1.54) is 12.0 Å². The maximum atomic E-state index is 12.0. The zero-order chi connectivity index (χ0) is 17.8. The molecule has 1 aromatic heterocycles. The topological polar surface area (TPSA) is 48.5 Å². The molecule has 1 amide bonds. The number of rotatable bonds is 5. The molecule has 2 heterocycles. The molecular formula is C21H26N4O. The number of amides is 1. The molecule has 5 heteroatoms. The Morgan fingerprint density at radius 2 is 1.81 bits per heavy atom. The van der Waals surface area contributed by atoms with Gasteiger partial charge in [-0.3, -0.25) is 9.69 Å². The summed E-state index contributed by atoms with van der Waals surface area (Å²) in [5.74, 6) is 0.966. The summed E-state index contributed by atoms with van der Waals surface area (Å²) in [4.78, 5) is 21.3. The van der Waals surface area contributed by atoms with E-state index in [1.54, 1.807) is 0 Å². The van der Waals surface area contributed by atoms with Gasteiger partial charge in [-0.2, -0.15) is 0 Å². The quantitative estimate of drug-likeness (QED) is 0.900. The Morgan fingerprint density at radius 1 is 1.04 bits per heavy atom. The minimum Gasteiger partial charge on any atom is -0.368 e. The van der Waals surface area contributed by atoms with Crippen LogP contribution < -0.4 is 10.2 Å². The first-order chi connectivity index (χ1) is 12.8. The number of hydrogen-bond donors (Lipinski definition) is 1. The van der Waals surface area contributed by atoms with Crippen molar-refractivity contribution in [2.24, 2.45) is 5.92 Å². The molecule has 136 valence electrons. The van der Waals surface area contributed by atoms with Crippen LogP contribution in [-0.2, 0) is 11.3 Å². The van der Waals surface area contributed by atoms with Crippen molar-refractivity contribution in [1.29, 1.82) is 0 Å².